The zero-order valence-electron chi connectivity index (χ0n) is 10.1. The Labute approximate surface area is 115 Å². The van der Waals surface area contributed by atoms with Gasteiger partial charge in [0.2, 0.25) is 0 Å². The topological polar surface area (TPSA) is 40.7 Å². The second-order valence-electron chi connectivity index (χ2n) is 4.65. The molecule has 1 atom stereocenters. The third kappa shape index (κ3) is 2.35. The molecule has 1 aliphatic heterocycles. The van der Waals surface area contributed by atoms with Gasteiger partial charge in [-0.3, -0.25) is 0 Å². The van der Waals surface area contributed by atoms with E-state index in [-0.39, 0.29) is 0 Å². The van der Waals surface area contributed by atoms with Crippen molar-refractivity contribution in [3.8, 4) is 0 Å². The molecule has 2 N–H and O–H groups in total. The minimum atomic E-state index is 0.382. The van der Waals surface area contributed by atoms with Gasteiger partial charge in [-0.2, -0.15) is 0 Å². The fraction of sp³-hybridized carbons (Fsp3) is 0.357. The summed E-state index contributed by atoms with van der Waals surface area (Å²) < 4.78 is 1.20. The number of rotatable bonds is 3. The van der Waals surface area contributed by atoms with E-state index in [1.165, 1.54) is 21.4 Å². The van der Waals surface area contributed by atoms with Gasteiger partial charge in [0.15, 0.2) is 0 Å². The van der Waals surface area contributed by atoms with Gasteiger partial charge in [-0.15, -0.1) is 0 Å². The molecular formula is C14H16BrN3. The molecule has 0 saturated carbocycles. The van der Waals surface area contributed by atoms with Gasteiger partial charge < -0.3 is 10.3 Å². The van der Waals surface area contributed by atoms with Crippen LogP contribution in [0.2, 0.25) is 0 Å². The monoisotopic (exact) mass is 305 g/mol. The third-order valence-corrected chi connectivity index (χ3v) is 4.28. The number of aromatic amines is 1. The molecule has 18 heavy (non-hydrogen) atoms. The second kappa shape index (κ2) is 5.24. The first-order chi connectivity index (χ1) is 8.84. The summed E-state index contributed by atoms with van der Waals surface area (Å²) in [7, 11) is 0. The van der Waals surface area contributed by atoms with Crippen molar-refractivity contribution in [2.24, 2.45) is 0 Å². The number of nitrogens with one attached hydrogen (secondary N) is 2. The highest BCUT2D eigenvalue weighted by atomic mass is 79.9. The normalized spacial score (nSPS) is 18.6. The van der Waals surface area contributed by atoms with Crippen LogP contribution in [0.1, 0.15) is 29.4 Å². The Morgan fingerprint density at radius 3 is 3.11 bits per heavy atom. The number of hydrogen-bond acceptors (Lipinski definition) is 2. The SMILES string of the molecule is Brc1ccccc1CCC1NCCc2[nH]cnc21. The first-order valence-corrected chi connectivity index (χ1v) is 7.13. The molecule has 0 aliphatic carbocycles. The van der Waals surface area contributed by atoms with Crippen LogP contribution in [0, 0.1) is 0 Å². The first kappa shape index (κ1) is 11.9. The second-order valence-corrected chi connectivity index (χ2v) is 5.51. The highest BCUT2D eigenvalue weighted by Gasteiger charge is 2.21. The van der Waals surface area contributed by atoms with E-state index in [4.69, 9.17) is 0 Å². The molecule has 1 aromatic carbocycles. The van der Waals surface area contributed by atoms with Crippen LogP contribution in [-0.4, -0.2) is 16.5 Å². The Balaban J connectivity index is 1.71. The number of hydrogen-bond donors (Lipinski definition) is 2. The molecular weight excluding hydrogens is 290 g/mol. The van der Waals surface area contributed by atoms with Gasteiger partial charge in [0.1, 0.15) is 0 Å². The van der Waals surface area contributed by atoms with Gasteiger partial charge in [0.25, 0.3) is 0 Å². The van der Waals surface area contributed by atoms with Gasteiger partial charge in [-0.1, -0.05) is 34.1 Å². The average Bonchev–Trinajstić information content (AvgIpc) is 2.86. The van der Waals surface area contributed by atoms with Crippen molar-refractivity contribution in [2.45, 2.75) is 25.3 Å². The summed E-state index contributed by atoms with van der Waals surface area (Å²) in [5.41, 5.74) is 3.86. The first-order valence-electron chi connectivity index (χ1n) is 6.33. The summed E-state index contributed by atoms with van der Waals surface area (Å²) in [5.74, 6) is 0. The lowest BCUT2D eigenvalue weighted by atomic mass is 9.98. The van der Waals surface area contributed by atoms with Gasteiger partial charge in [-0.25, -0.2) is 4.98 Å². The van der Waals surface area contributed by atoms with Crippen molar-refractivity contribution in [1.29, 1.82) is 0 Å². The Morgan fingerprint density at radius 2 is 2.22 bits per heavy atom. The summed E-state index contributed by atoms with van der Waals surface area (Å²) in [4.78, 5) is 7.68. The van der Waals surface area contributed by atoms with Crippen LogP contribution >= 0.6 is 15.9 Å². The lowest BCUT2D eigenvalue weighted by molar-refractivity contribution is 0.464. The number of aryl methyl sites for hydroxylation is 1. The number of aromatic nitrogens is 2. The molecule has 2 heterocycles. The van der Waals surface area contributed by atoms with Crippen LogP contribution in [0.3, 0.4) is 0 Å². The number of H-pyrrole nitrogens is 1. The van der Waals surface area contributed by atoms with Crippen LogP contribution < -0.4 is 5.32 Å². The van der Waals surface area contributed by atoms with E-state index < -0.39 is 0 Å². The van der Waals surface area contributed by atoms with Crippen LogP contribution in [0.5, 0.6) is 0 Å². The van der Waals surface area contributed by atoms with E-state index in [0.717, 1.165) is 25.8 Å². The van der Waals surface area contributed by atoms with Crippen molar-refractivity contribution in [3.63, 3.8) is 0 Å². The molecule has 3 nitrogen and oxygen atoms in total. The third-order valence-electron chi connectivity index (χ3n) is 3.51. The molecule has 1 aromatic heterocycles. The van der Waals surface area contributed by atoms with Crippen LogP contribution in [0.25, 0.3) is 0 Å². The lowest BCUT2D eigenvalue weighted by Gasteiger charge is -2.23. The number of imidazole rings is 1. The predicted molar refractivity (Wildman–Crippen MR) is 75.5 cm³/mol. The maximum atomic E-state index is 4.44. The quantitative estimate of drug-likeness (QED) is 0.915. The van der Waals surface area contributed by atoms with Gasteiger partial charge in [0.05, 0.1) is 18.1 Å². The minimum absolute atomic E-state index is 0.382. The Bertz CT molecular complexity index is 535. The summed E-state index contributed by atoms with van der Waals surface area (Å²) >= 11 is 3.60. The number of fused-ring (bicyclic) bond motifs is 1. The highest BCUT2D eigenvalue weighted by Crippen LogP contribution is 2.25. The number of benzene rings is 1. The van der Waals surface area contributed by atoms with Gasteiger partial charge >= 0.3 is 0 Å². The molecule has 0 bridgehead atoms. The van der Waals surface area contributed by atoms with E-state index >= 15 is 0 Å². The van der Waals surface area contributed by atoms with Crippen LogP contribution in [0.4, 0.5) is 0 Å². The van der Waals surface area contributed by atoms with Gasteiger partial charge in [0, 0.05) is 23.1 Å². The van der Waals surface area contributed by atoms with E-state index in [2.05, 4.69) is 55.5 Å². The molecule has 2 aromatic rings. The van der Waals surface area contributed by atoms with Crippen molar-refractivity contribution in [3.05, 3.63) is 52.0 Å². The number of nitrogens with zero attached hydrogens (tertiary/aromatic N) is 1. The van der Waals surface area contributed by atoms with Crippen LogP contribution in [-0.2, 0) is 12.8 Å². The Hall–Kier alpha value is -1.13. The smallest absolute Gasteiger partial charge is 0.0925 e. The zero-order chi connectivity index (χ0) is 12.4. The van der Waals surface area contributed by atoms with E-state index in [9.17, 15) is 0 Å². The molecule has 94 valence electrons. The average molecular weight is 306 g/mol. The molecule has 0 spiro atoms. The molecule has 0 radical (unpaired) electrons. The van der Waals surface area contributed by atoms with Gasteiger partial charge in [-0.05, 0) is 24.5 Å². The largest absolute Gasteiger partial charge is 0.348 e. The number of halogens is 1. The Morgan fingerprint density at radius 1 is 1.33 bits per heavy atom. The van der Waals surface area contributed by atoms with Crippen LogP contribution in [0.15, 0.2) is 35.1 Å². The summed E-state index contributed by atoms with van der Waals surface area (Å²) in [6, 6.07) is 8.81. The van der Waals surface area contributed by atoms with Crippen molar-refractivity contribution in [2.75, 3.05) is 6.54 Å². The standard InChI is InChI=1S/C14H16BrN3/c15-11-4-2-1-3-10(11)5-6-12-14-13(7-8-16-12)17-9-18-14/h1-4,9,12,16H,5-8H2,(H,17,18). The maximum absolute atomic E-state index is 4.44. The Kier molecular flexibility index (Phi) is 3.48. The predicted octanol–water partition coefficient (Wildman–Crippen LogP) is 2.99. The molecule has 1 unspecified atom stereocenters. The summed E-state index contributed by atoms with van der Waals surface area (Å²) in [6.45, 7) is 1.04. The molecule has 0 saturated heterocycles. The lowest BCUT2D eigenvalue weighted by Crippen LogP contribution is -2.30. The molecule has 4 heteroatoms. The molecule has 0 fully saturated rings. The summed E-state index contributed by atoms with van der Waals surface area (Å²) in [5, 5.41) is 3.55. The summed E-state index contributed by atoms with van der Waals surface area (Å²) in [6.07, 6.45) is 5.01. The molecule has 3 rings (SSSR count). The fourth-order valence-electron chi connectivity index (χ4n) is 2.54. The highest BCUT2D eigenvalue weighted by molar-refractivity contribution is 9.10. The minimum Gasteiger partial charge on any atom is -0.348 e. The fourth-order valence-corrected chi connectivity index (χ4v) is 3.02. The van der Waals surface area contributed by atoms with E-state index in [1.54, 1.807) is 0 Å². The molecule has 0 amide bonds. The van der Waals surface area contributed by atoms with Crippen molar-refractivity contribution >= 4 is 15.9 Å². The van der Waals surface area contributed by atoms with Crippen molar-refractivity contribution < 1.29 is 0 Å². The van der Waals surface area contributed by atoms with E-state index in [0.29, 0.717) is 6.04 Å². The zero-order valence-corrected chi connectivity index (χ0v) is 11.7. The van der Waals surface area contributed by atoms with E-state index in [1.807, 2.05) is 6.33 Å². The molecule has 1 aliphatic rings. The van der Waals surface area contributed by atoms with Crippen molar-refractivity contribution in [1.82, 2.24) is 15.3 Å². The maximum Gasteiger partial charge on any atom is 0.0925 e.